The number of benzene rings is 2. The summed E-state index contributed by atoms with van der Waals surface area (Å²) in [5.41, 5.74) is 1.84. The molecule has 0 spiro atoms. The zero-order chi connectivity index (χ0) is 31.6. The highest BCUT2D eigenvalue weighted by atomic mass is 19.1. The molecule has 2 N–H and O–H groups in total. The summed E-state index contributed by atoms with van der Waals surface area (Å²) < 4.78 is 32.3. The lowest BCUT2D eigenvalue weighted by atomic mass is 10.0. The van der Waals surface area contributed by atoms with E-state index < -0.39 is 5.82 Å². The van der Waals surface area contributed by atoms with Crippen LogP contribution in [0.5, 0.6) is 17.2 Å². The summed E-state index contributed by atoms with van der Waals surface area (Å²) in [6.45, 7) is 8.06. The Labute approximate surface area is 262 Å². The van der Waals surface area contributed by atoms with Gasteiger partial charge in [-0.05, 0) is 63.3 Å². The SMILES string of the molecule is C=CC=O.COc1cc2ncnc(Nc3ccc(Oc4ccnc(N5CCOCC5)c4)cc3F)c2cc1NC1CCN(C)CC1. The van der Waals surface area contributed by atoms with Crippen molar-refractivity contribution >= 4 is 40.2 Å². The normalized spacial score (nSPS) is 15.5. The first kappa shape index (κ1) is 31.6. The summed E-state index contributed by atoms with van der Waals surface area (Å²) in [6, 6.07) is 12.5. The van der Waals surface area contributed by atoms with Gasteiger partial charge in [-0.15, -0.1) is 0 Å². The Morgan fingerprint density at radius 2 is 1.76 bits per heavy atom. The quantitative estimate of drug-likeness (QED) is 0.186. The molecular formula is C33H38FN7O4. The van der Waals surface area contributed by atoms with Crippen LogP contribution in [0.1, 0.15) is 12.8 Å². The molecule has 2 fully saturated rings. The second-order valence-electron chi connectivity index (χ2n) is 10.7. The van der Waals surface area contributed by atoms with Crippen LogP contribution in [-0.2, 0) is 9.53 Å². The number of hydrogen-bond donors (Lipinski definition) is 2. The van der Waals surface area contributed by atoms with E-state index in [1.165, 1.54) is 18.5 Å². The van der Waals surface area contributed by atoms with E-state index in [-0.39, 0.29) is 5.69 Å². The predicted octanol–water partition coefficient (Wildman–Crippen LogP) is 5.42. The molecule has 236 valence electrons. The number of carbonyl (C=O) groups is 1. The van der Waals surface area contributed by atoms with Crippen LogP contribution in [0.25, 0.3) is 10.9 Å². The summed E-state index contributed by atoms with van der Waals surface area (Å²) in [5, 5.41) is 7.54. The maximum Gasteiger partial charge on any atom is 0.150 e. The van der Waals surface area contributed by atoms with Crippen molar-refractivity contribution in [2.24, 2.45) is 0 Å². The van der Waals surface area contributed by atoms with Gasteiger partial charge in [-0.2, -0.15) is 0 Å². The lowest BCUT2D eigenvalue weighted by molar-refractivity contribution is -0.104. The lowest BCUT2D eigenvalue weighted by Gasteiger charge is -2.30. The molecule has 0 atom stereocenters. The summed E-state index contributed by atoms with van der Waals surface area (Å²) in [7, 11) is 3.79. The fraction of sp³-hybridized carbons (Fsp3) is 0.333. The van der Waals surface area contributed by atoms with Gasteiger partial charge in [-0.3, -0.25) is 4.79 Å². The van der Waals surface area contributed by atoms with Crippen LogP contribution in [0.4, 0.5) is 27.4 Å². The molecule has 0 bridgehead atoms. The van der Waals surface area contributed by atoms with E-state index in [1.807, 2.05) is 18.2 Å². The summed E-state index contributed by atoms with van der Waals surface area (Å²) in [6.07, 6.45) is 7.07. The van der Waals surface area contributed by atoms with E-state index in [1.54, 1.807) is 31.5 Å². The molecule has 6 rings (SSSR count). The third-order valence-electron chi connectivity index (χ3n) is 7.61. The van der Waals surface area contributed by atoms with Crippen LogP contribution in [0.2, 0.25) is 0 Å². The number of rotatable bonds is 9. The minimum Gasteiger partial charge on any atom is -0.495 e. The zero-order valence-electron chi connectivity index (χ0n) is 25.5. The van der Waals surface area contributed by atoms with E-state index >= 15 is 4.39 Å². The number of aromatic nitrogens is 3. The molecule has 12 heteroatoms. The molecule has 0 aliphatic carbocycles. The molecule has 2 aromatic carbocycles. The Kier molecular flexibility index (Phi) is 10.7. The maximum atomic E-state index is 15.3. The Balaban J connectivity index is 0.000000945. The van der Waals surface area contributed by atoms with Gasteiger partial charge in [-0.1, -0.05) is 6.58 Å². The highest BCUT2D eigenvalue weighted by Gasteiger charge is 2.19. The average Bonchev–Trinajstić information content (AvgIpc) is 3.07. The number of nitrogens with one attached hydrogen (secondary N) is 2. The van der Waals surface area contributed by atoms with Crippen LogP contribution < -0.4 is 25.0 Å². The second kappa shape index (κ2) is 15.3. The van der Waals surface area contributed by atoms with Gasteiger partial charge in [0.2, 0.25) is 0 Å². The third kappa shape index (κ3) is 8.22. The molecule has 0 unspecified atom stereocenters. The maximum absolute atomic E-state index is 15.3. The number of halogens is 1. The molecule has 0 saturated carbocycles. The highest BCUT2D eigenvalue weighted by molar-refractivity contribution is 5.95. The minimum atomic E-state index is -0.463. The smallest absolute Gasteiger partial charge is 0.150 e. The lowest BCUT2D eigenvalue weighted by Crippen LogP contribution is -2.36. The summed E-state index contributed by atoms with van der Waals surface area (Å²) in [5.74, 6) is 2.52. The Bertz CT molecular complexity index is 1600. The number of pyridine rings is 1. The monoisotopic (exact) mass is 615 g/mol. The molecule has 4 aromatic rings. The number of anilines is 4. The number of likely N-dealkylation sites (tertiary alicyclic amines) is 1. The largest absolute Gasteiger partial charge is 0.495 e. The summed E-state index contributed by atoms with van der Waals surface area (Å²) in [4.78, 5) is 26.8. The minimum absolute atomic E-state index is 0.279. The molecule has 4 heterocycles. The van der Waals surface area contributed by atoms with Gasteiger partial charge in [0.1, 0.15) is 47.3 Å². The fourth-order valence-corrected chi connectivity index (χ4v) is 5.19. The van der Waals surface area contributed by atoms with Gasteiger partial charge >= 0.3 is 0 Å². The van der Waals surface area contributed by atoms with Crippen LogP contribution in [0, 0.1) is 5.82 Å². The zero-order valence-corrected chi connectivity index (χ0v) is 25.5. The molecule has 2 aliphatic heterocycles. The standard InChI is InChI=1S/C30H34FN7O3.C3H4O/c1-37-9-6-20(7-10-37)35-27-17-23-26(18-28(27)39-2)33-19-34-30(23)36-25-4-3-21(15-24(25)31)41-22-5-8-32-29(16-22)38-11-13-40-14-12-38;1-2-3-4/h3-5,8,15-20,35H,6-7,9-14H2,1-2H3,(H,33,34,36);2-3H,1H2. The summed E-state index contributed by atoms with van der Waals surface area (Å²) >= 11 is 0. The van der Waals surface area contributed by atoms with Crippen molar-refractivity contribution in [3.8, 4) is 17.2 Å². The molecule has 45 heavy (non-hydrogen) atoms. The number of ether oxygens (including phenoxy) is 3. The Morgan fingerprint density at radius 3 is 2.47 bits per heavy atom. The van der Waals surface area contributed by atoms with Crippen LogP contribution in [0.15, 0.2) is 67.6 Å². The van der Waals surface area contributed by atoms with Crippen molar-refractivity contribution < 1.29 is 23.4 Å². The molecular weight excluding hydrogens is 577 g/mol. The number of methoxy groups -OCH3 is 1. The molecule has 11 nitrogen and oxygen atoms in total. The first-order valence-electron chi connectivity index (χ1n) is 14.8. The first-order chi connectivity index (χ1) is 22.0. The number of carbonyl (C=O) groups excluding carboxylic acids is 1. The van der Waals surface area contributed by atoms with E-state index in [9.17, 15) is 0 Å². The van der Waals surface area contributed by atoms with Gasteiger partial charge in [0, 0.05) is 48.9 Å². The van der Waals surface area contributed by atoms with Gasteiger partial charge in [0.25, 0.3) is 0 Å². The molecule has 0 amide bonds. The van der Waals surface area contributed by atoms with Gasteiger partial charge in [0.05, 0.1) is 37.2 Å². The van der Waals surface area contributed by atoms with Gasteiger partial charge in [0.15, 0.2) is 0 Å². The van der Waals surface area contributed by atoms with Crippen molar-refractivity contribution in [2.45, 2.75) is 18.9 Å². The van der Waals surface area contributed by atoms with Gasteiger partial charge < -0.3 is 34.6 Å². The molecule has 2 aromatic heterocycles. The van der Waals surface area contributed by atoms with E-state index in [2.05, 4.69) is 49.0 Å². The van der Waals surface area contributed by atoms with Crippen LogP contribution in [0.3, 0.4) is 0 Å². The number of aldehydes is 1. The average molecular weight is 616 g/mol. The fourth-order valence-electron chi connectivity index (χ4n) is 5.19. The number of nitrogens with zero attached hydrogens (tertiary/aromatic N) is 5. The number of allylic oxidation sites excluding steroid dienone is 1. The second-order valence-corrected chi connectivity index (χ2v) is 10.7. The number of fused-ring (bicyclic) bond motifs is 1. The molecule has 2 aliphatic rings. The topological polar surface area (TPSA) is 114 Å². The number of morpholine rings is 1. The molecule has 2 saturated heterocycles. The predicted molar refractivity (Wildman–Crippen MR) is 174 cm³/mol. The number of piperidine rings is 1. The van der Waals surface area contributed by atoms with Crippen molar-refractivity contribution in [3.63, 3.8) is 0 Å². The Morgan fingerprint density at radius 1 is 1.00 bits per heavy atom. The highest BCUT2D eigenvalue weighted by Crippen LogP contribution is 2.35. The first-order valence-corrected chi connectivity index (χ1v) is 14.8. The van der Waals surface area contributed by atoms with Crippen molar-refractivity contribution in [1.29, 1.82) is 0 Å². The van der Waals surface area contributed by atoms with Crippen LogP contribution >= 0.6 is 0 Å². The van der Waals surface area contributed by atoms with Crippen molar-refractivity contribution in [3.05, 3.63) is 73.5 Å². The van der Waals surface area contributed by atoms with Crippen LogP contribution in [-0.4, -0.2) is 85.7 Å². The van der Waals surface area contributed by atoms with E-state index in [0.717, 1.165) is 55.9 Å². The van der Waals surface area contributed by atoms with Gasteiger partial charge in [-0.25, -0.2) is 19.3 Å². The van der Waals surface area contributed by atoms with E-state index in [0.29, 0.717) is 54.1 Å². The van der Waals surface area contributed by atoms with Crippen molar-refractivity contribution in [2.75, 3.05) is 69.1 Å². The van der Waals surface area contributed by atoms with E-state index in [4.69, 9.17) is 19.0 Å². The van der Waals surface area contributed by atoms with Crippen molar-refractivity contribution in [1.82, 2.24) is 19.9 Å². The molecule has 0 radical (unpaired) electrons. The Hall–Kier alpha value is -4.81. The number of hydrogen-bond acceptors (Lipinski definition) is 11. The third-order valence-corrected chi connectivity index (χ3v) is 7.61.